The van der Waals surface area contributed by atoms with Crippen LogP contribution < -0.4 is 4.89 Å². The third-order valence-electron chi connectivity index (χ3n) is 4.07. The summed E-state index contributed by atoms with van der Waals surface area (Å²) in [5, 5.41) is 0. The average Bonchev–Trinajstić information content (AvgIpc) is 2.84. The minimum Gasteiger partial charge on any atom is -0.461 e. The van der Waals surface area contributed by atoms with E-state index in [1.54, 1.807) is 0 Å². The molecule has 0 aromatic carbocycles. The number of carbonyl (C=O) groups is 2. The molecule has 100 valence electrons. The fourth-order valence-corrected chi connectivity index (χ4v) is 3.68. The smallest absolute Gasteiger partial charge is 0.365 e. The standard InChI is InChI=1S/C9H11NO7S/c11-7-9(8(12)17-10-18(13,14)15)3-4-1-5(9)6(2-4)16-7/h4-6,10H,1-3H2,(H,13,14,15). The maximum absolute atomic E-state index is 11.9. The minimum atomic E-state index is -4.65. The summed E-state index contributed by atoms with van der Waals surface area (Å²) in [5.74, 6) is -1.67. The molecule has 3 aliphatic rings. The number of hydrogen-bond acceptors (Lipinski definition) is 6. The summed E-state index contributed by atoms with van der Waals surface area (Å²) < 4.78 is 34.5. The predicted octanol–water partition coefficient (Wildman–Crippen LogP) is -0.821. The quantitative estimate of drug-likeness (QED) is 0.299. The fraction of sp³-hybridized carbons (Fsp3) is 0.778. The van der Waals surface area contributed by atoms with Crippen molar-refractivity contribution < 1.29 is 32.1 Å². The lowest BCUT2D eigenvalue weighted by atomic mass is 9.74. The highest BCUT2D eigenvalue weighted by Gasteiger charge is 2.71. The van der Waals surface area contributed by atoms with Crippen LogP contribution in [0, 0.1) is 17.3 Å². The van der Waals surface area contributed by atoms with Crippen molar-refractivity contribution in [1.29, 1.82) is 0 Å². The second-order valence-electron chi connectivity index (χ2n) is 5.01. The predicted molar refractivity (Wildman–Crippen MR) is 53.9 cm³/mol. The molecule has 0 aromatic heterocycles. The van der Waals surface area contributed by atoms with Crippen LogP contribution in [-0.2, 0) is 29.5 Å². The molecule has 0 amide bonds. The van der Waals surface area contributed by atoms with E-state index in [-0.39, 0.29) is 17.9 Å². The summed E-state index contributed by atoms with van der Waals surface area (Å²) in [6.07, 6.45) is 1.50. The van der Waals surface area contributed by atoms with Crippen LogP contribution in [0.3, 0.4) is 0 Å². The number of fused-ring (bicyclic) bond motifs is 1. The van der Waals surface area contributed by atoms with E-state index in [9.17, 15) is 18.0 Å². The van der Waals surface area contributed by atoms with Gasteiger partial charge in [0.05, 0.1) is 0 Å². The van der Waals surface area contributed by atoms with Gasteiger partial charge in [-0.2, -0.15) is 8.42 Å². The van der Waals surface area contributed by atoms with E-state index in [0.29, 0.717) is 12.8 Å². The van der Waals surface area contributed by atoms with Crippen LogP contribution in [-0.4, -0.2) is 31.0 Å². The van der Waals surface area contributed by atoms with Crippen LogP contribution in [0.5, 0.6) is 0 Å². The van der Waals surface area contributed by atoms with Crippen molar-refractivity contribution in [2.75, 3.05) is 0 Å². The van der Waals surface area contributed by atoms with E-state index in [4.69, 9.17) is 9.29 Å². The molecule has 0 radical (unpaired) electrons. The Morgan fingerprint density at radius 2 is 2.22 bits per heavy atom. The van der Waals surface area contributed by atoms with Gasteiger partial charge >= 0.3 is 22.2 Å². The first-order chi connectivity index (χ1) is 8.33. The lowest BCUT2D eigenvalue weighted by Crippen LogP contribution is -2.44. The van der Waals surface area contributed by atoms with Crippen molar-refractivity contribution in [1.82, 2.24) is 4.89 Å². The second kappa shape index (κ2) is 3.43. The van der Waals surface area contributed by atoms with Crippen molar-refractivity contribution in [3.8, 4) is 0 Å². The highest BCUT2D eigenvalue weighted by molar-refractivity contribution is 7.83. The Balaban J connectivity index is 1.83. The lowest BCUT2D eigenvalue weighted by molar-refractivity contribution is -0.168. The van der Waals surface area contributed by atoms with E-state index in [1.807, 2.05) is 0 Å². The summed E-state index contributed by atoms with van der Waals surface area (Å²) in [4.78, 5) is 29.3. The highest BCUT2D eigenvalue weighted by Crippen LogP contribution is 2.62. The first-order valence-corrected chi connectivity index (χ1v) is 6.93. The molecule has 1 heterocycles. The highest BCUT2D eigenvalue weighted by atomic mass is 32.2. The second-order valence-corrected chi connectivity index (χ2v) is 6.13. The Labute approximate surface area is 102 Å². The summed E-state index contributed by atoms with van der Waals surface area (Å²) >= 11 is 0. The molecule has 4 atom stereocenters. The zero-order chi connectivity index (χ0) is 13.1. The van der Waals surface area contributed by atoms with Crippen molar-refractivity contribution in [3.63, 3.8) is 0 Å². The molecule has 4 unspecified atom stereocenters. The van der Waals surface area contributed by atoms with Gasteiger partial charge in [0.15, 0.2) is 5.41 Å². The first kappa shape index (κ1) is 11.9. The van der Waals surface area contributed by atoms with Crippen molar-refractivity contribution in [2.45, 2.75) is 25.4 Å². The van der Waals surface area contributed by atoms with Gasteiger partial charge in [0.2, 0.25) is 0 Å². The van der Waals surface area contributed by atoms with Crippen LogP contribution in [0.2, 0.25) is 0 Å². The topological polar surface area (TPSA) is 119 Å². The molecule has 0 spiro atoms. The molecule has 3 rings (SSSR count). The molecule has 1 aliphatic heterocycles. The van der Waals surface area contributed by atoms with E-state index in [0.717, 1.165) is 6.42 Å². The van der Waals surface area contributed by atoms with Gasteiger partial charge in [0.1, 0.15) is 6.10 Å². The summed E-state index contributed by atoms with van der Waals surface area (Å²) in [6, 6.07) is 0. The molecule has 2 N–H and O–H groups in total. The molecular formula is C9H11NO7S. The lowest BCUT2D eigenvalue weighted by Gasteiger charge is -2.24. The first-order valence-electron chi connectivity index (χ1n) is 5.49. The monoisotopic (exact) mass is 277 g/mol. The largest absolute Gasteiger partial charge is 0.461 e. The third-order valence-corrected chi connectivity index (χ3v) is 4.37. The van der Waals surface area contributed by atoms with E-state index in [1.165, 1.54) is 4.89 Å². The molecular weight excluding hydrogens is 266 g/mol. The summed E-state index contributed by atoms with van der Waals surface area (Å²) in [6.45, 7) is 0. The van der Waals surface area contributed by atoms with Crippen molar-refractivity contribution >= 4 is 22.2 Å². The molecule has 0 aromatic rings. The zero-order valence-electron chi connectivity index (χ0n) is 9.16. The van der Waals surface area contributed by atoms with Crippen LogP contribution in [0.4, 0.5) is 0 Å². The van der Waals surface area contributed by atoms with Crippen LogP contribution in [0.15, 0.2) is 0 Å². The van der Waals surface area contributed by atoms with Gasteiger partial charge in [0, 0.05) is 5.92 Å². The minimum absolute atomic E-state index is 0.227. The van der Waals surface area contributed by atoms with E-state index < -0.39 is 27.7 Å². The molecule has 2 bridgehead atoms. The molecule has 2 saturated carbocycles. The molecule has 18 heavy (non-hydrogen) atoms. The van der Waals surface area contributed by atoms with Crippen molar-refractivity contribution in [2.24, 2.45) is 17.3 Å². The SMILES string of the molecule is O=C(ONS(=O)(=O)O)C12CC3CC(OC1=O)C2C3. The fourth-order valence-electron chi connectivity index (χ4n) is 3.50. The number of esters is 1. The molecule has 8 nitrogen and oxygen atoms in total. The van der Waals surface area contributed by atoms with Crippen LogP contribution in [0.1, 0.15) is 19.3 Å². The van der Waals surface area contributed by atoms with Gasteiger partial charge in [-0.15, -0.1) is 0 Å². The number of rotatable bonds is 3. The Morgan fingerprint density at radius 3 is 2.83 bits per heavy atom. The molecule has 9 heteroatoms. The van der Waals surface area contributed by atoms with Gasteiger partial charge in [-0.3, -0.25) is 9.35 Å². The van der Waals surface area contributed by atoms with Gasteiger partial charge in [-0.05, 0) is 30.1 Å². The van der Waals surface area contributed by atoms with Crippen molar-refractivity contribution in [3.05, 3.63) is 0 Å². The number of carbonyl (C=O) groups excluding carboxylic acids is 2. The molecule has 3 fully saturated rings. The van der Waals surface area contributed by atoms with Gasteiger partial charge in [0.25, 0.3) is 0 Å². The normalized spacial score (nSPS) is 40.9. The van der Waals surface area contributed by atoms with Gasteiger partial charge in [-0.1, -0.05) is 0 Å². The maximum atomic E-state index is 11.9. The molecule has 2 aliphatic carbocycles. The van der Waals surface area contributed by atoms with E-state index in [2.05, 4.69) is 4.84 Å². The molecule has 1 saturated heterocycles. The third kappa shape index (κ3) is 1.47. The Morgan fingerprint density at radius 1 is 1.50 bits per heavy atom. The zero-order valence-corrected chi connectivity index (χ0v) is 9.97. The van der Waals surface area contributed by atoms with Gasteiger partial charge in [-0.25, -0.2) is 4.79 Å². The number of hydrogen-bond donors (Lipinski definition) is 2. The Bertz CT molecular complexity index is 529. The van der Waals surface area contributed by atoms with Crippen LogP contribution in [0.25, 0.3) is 0 Å². The average molecular weight is 277 g/mol. The van der Waals surface area contributed by atoms with E-state index >= 15 is 0 Å². The Hall–Kier alpha value is -1.19. The maximum Gasteiger partial charge on any atom is 0.365 e. The Kier molecular flexibility index (Phi) is 2.26. The van der Waals surface area contributed by atoms with Crippen LogP contribution >= 0.6 is 0 Å². The number of nitrogens with one attached hydrogen (secondary N) is 1. The number of ether oxygens (including phenoxy) is 1. The summed E-state index contributed by atoms with van der Waals surface area (Å²) in [5.41, 5.74) is -1.40. The van der Waals surface area contributed by atoms with Gasteiger partial charge < -0.3 is 9.57 Å². The summed E-state index contributed by atoms with van der Waals surface area (Å²) in [7, 11) is -4.65.